The lowest BCUT2D eigenvalue weighted by atomic mass is 10.1. The number of morpholine rings is 1. The number of amides is 2. The van der Waals surface area contributed by atoms with Gasteiger partial charge in [0.2, 0.25) is 5.91 Å². The number of carbonyl (C=O) groups excluding carboxylic acids is 2. The number of nitrogens with one attached hydrogen (secondary N) is 1. The Morgan fingerprint density at radius 2 is 1.87 bits per heavy atom. The second-order valence-corrected chi connectivity index (χ2v) is 8.35. The van der Waals surface area contributed by atoms with Crippen molar-refractivity contribution in [1.29, 1.82) is 0 Å². The Morgan fingerprint density at radius 3 is 2.53 bits per heavy atom. The average Bonchev–Trinajstić information content (AvgIpc) is 3.08. The van der Waals surface area contributed by atoms with E-state index < -0.39 is 11.7 Å². The Kier molecular flexibility index (Phi) is 6.55. The summed E-state index contributed by atoms with van der Waals surface area (Å²) < 4.78 is 12.2. The van der Waals surface area contributed by atoms with Crippen molar-refractivity contribution in [2.24, 2.45) is 0 Å². The SMILES string of the molecule is Cc1nc2nc(CNC(=O)OC(C)(C)C)nn2c(C)c1CCC(=O)N1CCOCC1. The molecule has 1 saturated heterocycles. The summed E-state index contributed by atoms with van der Waals surface area (Å²) in [5.74, 6) is 1.03. The van der Waals surface area contributed by atoms with Gasteiger partial charge in [-0.25, -0.2) is 14.3 Å². The number of alkyl carbamates (subject to hydrolysis) is 1. The van der Waals surface area contributed by atoms with Gasteiger partial charge >= 0.3 is 6.09 Å². The van der Waals surface area contributed by atoms with Crippen LogP contribution in [0.5, 0.6) is 0 Å². The number of hydrogen-bond donors (Lipinski definition) is 1. The average molecular weight is 418 g/mol. The molecule has 3 heterocycles. The van der Waals surface area contributed by atoms with E-state index in [0.717, 1.165) is 17.0 Å². The second kappa shape index (κ2) is 8.95. The Balaban J connectivity index is 1.68. The molecule has 0 spiro atoms. The number of ether oxygens (including phenoxy) is 2. The molecule has 2 amide bonds. The Labute approximate surface area is 176 Å². The molecule has 2 aromatic heterocycles. The predicted molar refractivity (Wildman–Crippen MR) is 109 cm³/mol. The molecule has 0 unspecified atom stereocenters. The highest BCUT2D eigenvalue weighted by molar-refractivity contribution is 5.76. The van der Waals surface area contributed by atoms with E-state index in [1.165, 1.54) is 0 Å². The van der Waals surface area contributed by atoms with Gasteiger partial charge in [0.15, 0.2) is 5.82 Å². The van der Waals surface area contributed by atoms with Crippen molar-refractivity contribution in [1.82, 2.24) is 29.8 Å². The number of carbonyl (C=O) groups is 2. The van der Waals surface area contributed by atoms with Crippen molar-refractivity contribution in [3.63, 3.8) is 0 Å². The highest BCUT2D eigenvalue weighted by Gasteiger charge is 2.20. The molecule has 10 nitrogen and oxygen atoms in total. The standard InChI is InChI=1S/C20H30N6O4/c1-13-15(6-7-17(27)25-8-10-29-11-9-25)14(2)26-18(22-13)23-16(24-26)12-21-19(28)30-20(3,4)5/h6-12H2,1-5H3,(H,21,28). The normalized spacial score (nSPS) is 14.8. The van der Waals surface area contributed by atoms with Gasteiger partial charge in [0.1, 0.15) is 5.60 Å². The molecule has 1 aliphatic heterocycles. The van der Waals surface area contributed by atoms with Crippen molar-refractivity contribution in [2.75, 3.05) is 26.3 Å². The van der Waals surface area contributed by atoms with Crippen molar-refractivity contribution in [2.45, 2.75) is 59.6 Å². The van der Waals surface area contributed by atoms with Crippen LogP contribution in [0, 0.1) is 13.8 Å². The number of nitrogens with zero attached hydrogens (tertiary/aromatic N) is 5. The lowest BCUT2D eigenvalue weighted by Crippen LogP contribution is -2.40. The van der Waals surface area contributed by atoms with E-state index >= 15 is 0 Å². The molecule has 0 bridgehead atoms. The maximum atomic E-state index is 12.5. The number of aryl methyl sites for hydroxylation is 2. The quantitative estimate of drug-likeness (QED) is 0.784. The van der Waals surface area contributed by atoms with Crippen molar-refractivity contribution >= 4 is 17.8 Å². The van der Waals surface area contributed by atoms with Gasteiger partial charge in [0.05, 0.1) is 19.8 Å². The van der Waals surface area contributed by atoms with Gasteiger partial charge in [-0.1, -0.05) is 0 Å². The first kappa shape index (κ1) is 21.9. The lowest BCUT2D eigenvalue weighted by molar-refractivity contribution is -0.135. The molecular weight excluding hydrogens is 388 g/mol. The largest absolute Gasteiger partial charge is 0.444 e. The molecular formula is C20H30N6O4. The summed E-state index contributed by atoms with van der Waals surface area (Å²) in [6, 6.07) is 0. The van der Waals surface area contributed by atoms with Crippen LogP contribution in [0.2, 0.25) is 0 Å². The second-order valence-electron chi connectivity index (χ2n) is 8.35. The Bertz CT molecular complexity index is 928. The van der Waals surface area contributed by atoms with E-state index in [-0.39, 0.29) is 12.5 Å². The summed E-state index contributed by atoms with van der Waals surface area (Å²) >= 11 is 0. The number of aromatic nitrogens is 4. The fourth-order valence-electron chi connectivity index (χ4n) is 3.35. The van der Waals surface area contributed by atoms with Gasteiger partial charge < -0.3 is 19.7 Å². The topological polar surface area (TPSA) is 111 Å². The molecule has 30 heavy (non-hydrogen) atoms. The molecule has 1 aliphatic rings. The first-order valence-electron chi connectivity index (χ1n) is 10.2. The van der Waals surface area contributed by atoms with Crippen LogP contribution in [0.3, 0.4) is 0 Å². The minimum absolute atomic E-state index is 0.123. The third-order valence-corrected chi connectivity index (χ3v) is 4.84. The molecule has 2 aromatic rings. The highest BCUT2D eigenvalue weighted by atomic mass is 16.6. The van der Waals surface area contributed by atoms with E-state index in [1.54, 1.807) is 25.3 Å². The third kappa shape index (κ3) is 5.44. The van der Waals surface area contributed by atoms with Gasteiger partial charge in [-0.05, 0) is 46.6 Å². The van der Waals surface area contributed by atoms with Crippen LogP contribution < -0.4 is 5.32 Å². The predicted octanol–water partition coefficient (Wildman–Crippen LogP) is 1.56. The summed E-state index contributed by atoms with van der Waals surface area (Å²) in [5, 5.41) is 7.11. The molecule has 164 valence electrons. The minimum atomic E-state index is -0.570. The van der Waals surface area contributed by atoms with Crippen LogP contribution in [0.1, 0.15) is 50.0 Å². The summed E-state index contributed by atoms with van der Waals surface area (Å²) in [7, 11) is 0. The van der Waals surface area contributed by atoms with Crippen LogP contribution in [0.4, 0.5) is 4.79 Å². The molecule has 0 aromatic carbocycles. The summed E-state index contributed by atoms with van der Waals surface area (Å²) in [5.41, 5.74) is 2.14. The summed E-state index contributed by atoms with van der Waals surface area (Å²) in [6.45, 7) is 11.9. The van der Waals surface area contributed by atoms with Crippen LogP contribution in [0.15, 0.2) is 0 Å². The van der Waals surface area contributed by atoms with Gasteiger partial charge in [-0.3, -0.25) is 4.79 Å². The fourth-order valence-corrected chi connectivity index (χ4v) is 3.35. The van der Waals surface area contributed by atoms with Crippen LogP contribution in [-0.2, 0) is 27.2 Å². The van der Waals surface area contributed by atoms with Crippen LogP contribution in [-0.4, -0.2) is 68.4 Å². The maximum absolute atomic E-state index is 12.5. The first-order chi connectivity index (χ1) is 14.1. The zero-order chi connectivity index (χ0) is 21.9. The number of fused-ring (bicyclic) bond motifs is 1. The molecule has 1 N–H and O–H groups in total. The Hall–Kier alpha value is -2.75. The molecule has 0 radical (unpaired) electrons. The fraction of sp³-hybridized carbons (Fsp3) is 0.650. The molecule has 1 fully saturated rings. The van der Waals surface area contributed by atoms with Gasteiger partial charge in [0, 0.05) is 30.9 Å². The molecule has 3 rings (SSSR count). The lowest BCUT2D eigenvalue weighted by Gasteiger charge is -2.27. The molecule has 0 atom stereocenters. The summed E-state index contributed by atoms with van der Waals surface area (Å²) in [4.78, 5) is 35.1. The maximum Gasteiger partial charge on any atom is 0.408 e. The van der Waals surface area contributed by atoms with Crippen molar-refractivity contribution in [3.05, 3.63) is 22.8 Å². The van der Waals surface area contributed by atoms with E-state index in [2.05, 4.69) is 20.4 Å². The molecule has 10 heteroatoms. The van der Waals surface area contributed by atoms with Crippen molar-refractivity contribution in [3.8, 4) is 0 Å². The van der Waals surface area contributed by atoms with Crippen molar-refractivity contribution < 1.29 is 19.1 Å². The number of rotatable bonds is 5. The van der Waals surface area contributed by atoms with E-state index in [0.29, 0.717) is 50.7 Å². The van der Waals surface area contributed by atoms with Gasteiger partial charge in [-0.15, -0.1) is 5.10 Å². The number of hydrogen-bond acceptors (Lipinski definition) is 7. The summed E-state index contributed by atoms with van der Waals surface area (Å²) in [6.07, 6.45) is 0.475. The molecule has 0 saturated carbocycles. The zero-order valence-electron chi connectivity index (χ0n) is 18.3. The van der Waals surface area contributed by atoms with E-state index in [9.17, 15) is 9.59 Å². The smallest absolute Gasteiger partial charge is 0.408 e. The van der Waals surface area contributed by atoms with E-state index in [1.807, 2.05) is 18.7 Å². The first-order valence-corrected chi connectivity index (χ1v) is 10.2. The third-order valence-electron chi connectivity index (χ3n) is 4.84. The van der Waals surface area contributed by atoms with Crippen LogP contribution in [0.25, 0.3) is 5.78 Å². The molecule has 0 aliphatic carbocycles. The van der Waals surface area contributed by atoms with Gasteiger partial charge in [0.25, 0.3) is 5.78 Å². The zero-order valence-corrected chi connectivity index (χ0v) is 18.3. The van der Waals surface area contributed by atoms with Crippen LogP contribution >= 0.6 is 0 Å². The highest BCUT2D eigenvalue weighted by Crippen LogP contribution is 2.17. The Morgan fingerprint density at radius 1 is 1.17 bits per heavy atom. The van der Waals surface area contributed by atoms with E-state index in [4.69, 9.17) is 9.47 Å². The monoisotopic (exact) mass is 418 g/mol. The van der Waals surface area contributed by atoms with Gasteiger partial charge in [-0.2, -0.15) is 4.98 Å². The minimum Gasteiger partial charge on any atom is -0.444 e.